The maximum atomic E-state index is 12.6. The van der Waals surface area contributed by atoms with Gasteiger partial charge in [-0.15, -0.1) is 0 Å². The third-order valence-electron chi connectivity index (χ3n) is 3.30. The van der Waals surface area contributed by atoms with Crippen molar-refractivity contribution >= 4 is 29.0 Å². The van der Waals surface area contributed by atoms with Gasteiger partial charge in [0.25, 0.3) is 5.91 Å². The molecule has 6 nitrogen and oxygen atoms in total. The van der Waals surface area contributed by atoms with Crippen LogP contribution in [0.15, 0.2) is 41.6 Å². The Morgan fingerprint density at radius 3 is 2.82 bits per heavy atom. The first-order valence-corrected chi connectivity index (χ1v) is 7.71. The lowest BCUT2D eigenvalue weighted by Gasteiger charge is -2.26. The van der Waals surface area contributed by atoms with Gasteiger partial charge in [-0.3, -0.25) is 4.79 Å². The third-order valence-corrected chi connectivity index (χ3v) is 4.27. The van der Waals surface area contributed by atoms with Crippen LogP contribution in [-0.4, -0.2) is 26.4 Å². The van der Waals surface area contributed by atoms with Crippen molar-refractivity contribution in [1.82, 2.24) is 15.0 Å². The van der Waals surface area contributed by atoms with Crippen LogP contribution in [-0.2, 0) is 11.3 Å². The van der Waals surface area contributed by atoms with Gasteiger partial charge in [0.15, 0.2) is 0 Å². The van der Waals surface area contributed by atoms with Crippen LogP contribution >= 0.6 is 11.8 Å². The maximum Gasteiger partial charge on any atom is 0.261 e. The molecule has 22 heavy (non-hydrogen) atoms. The van der Waals surface area contributed by atoms with Gasteiger partial charge in [0, 0.05) is 11.8 Å². The number of thioether (sulfide) groups is 1. The zero-order valence-electron chi connectivity index (χ0n) is 12.0. The Hall–Kier alpha value is -2.41. The molecule has 1 aliphatic rings. The molecule has 0 radical (unpaired) electrons. The summed E-state index contributed by atoms with van der Waals surface area (Å²) in [6.45, 7) is 2.04. The minimum absolute atomic E-state index is 0.0707. The number of nitrogens with zero attached hydrogens (tertiary/aromatic N) is 4. The molecule has 0 fully saturated rings. The number of amides is 1. The van der Waals surface area contributed by atoms with Crippen LogP contribution in [0.1, 0.15) is 22.2 Å². The fourth-order valence-electron chi connectivity index (χ4n) is 2.16. The van der Waals surface area contributed by atoms with Gasteiger partial charge < -0.3 is 5.73 Å². The third kappa shape index (κ3) is 2.94. The molecule has 0 spiro atoms. The first-order valence-electron chi connectivity index (χ1n) is 6.77. The summed E-state index contributed by atoms with van der Waals surface area (Å²) in [5.41, 5.74) is 9.22. The molecule has 0 aliphatic carbocycles. The SMILES string of the molecule is Cc1ncc(CN2N=CSC(c3ccccc3)C2=O)c(N)n1. The number of aryl methyl sites for hydroxylation is 1. The standard InChI is InChI=1S/C15H15N5OS/c1-10-17-7-12(14(16)19-10)8-20-15(21)13(22-9-18-20)11-5-3-2-4-6-11/h2-7,9,13H,8H2,1H3,(H2,16,17,19). The Morgan fingerprint density at radius 1 is 1.32 bits per heavy atom. The Labute approximate surface area is 132 Å². The van der Waals surface area contributed by atoms with E-state index in [2.05, 4.69) is 15.1 Å². The van der Waals surface area contributed by atoms with Crippen LogP contribution in [0.2, 0.25) is 0 Å². The van der Waals surface area contributed by atoms with Gasteiger partial charge in [-0.05, 0) is 12.5 Å². The summed E-state index contributed by atoms with van der Waals surface area (Å²) >= 11 is 1.40. The van der Waals surface area contributed by atoms with Crippen molar-refractivity contribution in [2.45, 2.75) is 18.7 Å². The topological polar surface area (TPSA) is 84.5 Å². The van der Waals surface area contributed by atoms with Crippen molar-refractivity contribution in [3.8, 4) is 0 Å². The summed E-state index contributed by atoms with van der Waals surface area (Å²) in [4.78, 5) is 20.9. The molecule has 1 aliphatic heterocycles. The number of rotatable bonds is 3. The second kappa shape index (κ2) is 6.15. The number of nitrogen functional groups attached to an aromatic ring is 1. The molecule has 0 saturated carbocycles. The summed E-state index contributed by atoms with van der Waals surface area (Å²) in [7, 11) is 0. The molecule has 2 aromatic rings. The van der Waals surface area contributed by atoms with Crippen molar-refractivity contribution < 1.29 is 4.79 Å². The zero-order chi connectivity index (χ0) is 15.5. The first kappa shape index (κ1) is 14.5. The van der Waals surface area contributed by atoms with Crippen LogP contribution in [0.4, 0.5) is 5.82 Å². The van der Waals surface area contributed by atoms with E-state index in [0.717, 1.165) is 5.56 Å². The molecular formula is C15H15N5OS. The Bertz CT molecular complexity index is 719. The average molecular weight is 313 g/mol. The number of carbonyl (C=O) groups excluding carboxylic acids is 1. The van der Waals surface area contributed by atoms with Gasteiger partial charge in [0.2, 0.25) is 0 Å². The molecule has 112 valence electrons. The quantitative estimate of drug-likeness (QED) is 0.938. The number of hydrogen-bond acceptors (Lipinski definition) is 6. The predicted molar refractivity (Wildman–Crippen MR) is 87.0 cm³/mol. The minimum Gasteiger partial charge on any atom is -0.383 e. The molecule has 1 aromatic heterocycles. The Kier molecular flexibility index (Phi) is 4.06. The van der Waals surface area contributed by atoms with E-state index in [4.69, 9.17) is 5.73 Å². The minimum atomic E-state index is -0.286. The van der Waals surface area contributed by atoms with Gasteiger partial charge in [-0.1, -0.05) is 42.1 Å². The highest BCUT2D eigenvalue weighted by Gasteiger charge is 2.29. The number of hydrogen-bond donors (Lipinski definition) is 1. The summed E-state index contributed by atoms with van der Waals surface area (Å²) in [6, 6.07) is 9.65. The van der Waals surface area contributed by atoms with Crippen LogP contribution in [0.5, 0.6) is 0 Å². The molecule has 3 rings (SSSR count). The van der Waals surface area contributed by atoms with Gasteiger partial charge >= 0.3 is 0 Å². The highest BCUT2D eigenvalue weighted by Crippen LogP contribution is 2.33. The molecule has 1 aromatic carbocycles. The van der Waals surface area contributed by atoms with E-state index < -0.39 is 0 Å². The van der Waals surface area contributed by atoms with Gasteiger partial charge in [0.1, 0.15) is 16.9 Å². The van der Waals surface area contributed by atoms with E-state index in [1.54, 1.807) is 18.7 Å². The zero-order valence-corrected chi connectivity index (χ0v) is 12.8. The smallest absolute Gasteiger partial charge is 0.261 e. The summed E-state index contributed by atoms with van der Waals surface area (Å²) in [5.74, 6) is 0.913. The molecule has 1 amide bonds. The molecule has 2 heterocycles. The maximum absolute atomic E-state index is 12.6. The van der Waals surface area contributed by atoms with Crippen molar-refractivity contribution in [1.29, 1.82) is 0 Å². The number of nitrogens with two attached hydrogens (primary N) is 1. The highest BCUT2D eigenvalue weighted by atomic mass is 32.2. The highest BCUT2D eigenvalue weighted by molar-refractivity contribution is 8.12. The van der Waals surface area contributed by atoms with E-state index in [-0.39, 0.29) is 17.7 Å². The number of anilines is 1. The van der Waals surface area contributed by atoms with Crippen molar-refractivity contribution in [3.63, 3.8) is 0 Å². The van der Waals surface area contributed by atoms with E-state index >= 15 is 0 Å². The number of benzene rings is 1. The molecule has 0 bridgehead atoms. The van der Waals surface area contributed by atoms with E-state index in [9.17, 15) is 4.79 Å². The van der Waals surface area contributed by atoms with Crippen LogP contribution in [0, 0.1) is 6.92 Å². The molecule has 1 atom stereocenters. The predicted octanol–water partition coefficient (Wildman–Crippen LogP) is 2.13. The lowest BCUT2D eigenvalue weighted by Crippen LogP contribution is -2.32. The monoisotopic (exact) mass is 313 g/mol. The fourth-order valence-corrected chi connectivity index (χ4v) is 3.00. The van der Waals surface area contributed by atoms with Crippen LogP contribution in [0.3, 0.4) is 0 Å². The molecular weight excluding hydrogens is 298 g/mol. The molecule has 1 unspecified atom stereocenters. The second-order valence-corrected chi connectivity index (χ2v) is 5.83. The van der Waals surface area contributed by atoms with Crippen LogP contribution in [0.25, 0.3) is 0 Å². The Balaban J connectivity index is 1.81. The normalized spacial score (nSPS) is 17.8. The van der Waals surface area contributed by atoms with Gasteiger partial charge in [0.05, 0.1) is 12.1 Å². The number of carbonyl (C=O) groups is 1. The van der Waals surface area contributed by atoms with Crippen molar-refractivity contribution in [3.05, 3.63) is 53.5 Å². The second-order valence-electron chi connectivity index (χ2n) is 4.87. The van der Waals surface area contributed by atoms with E-state index in [0.29, 0.717) is 17.2 Å². The Morgan fingerprint density at radius 2 is 2.09 bits per heavy atom. The number of aromatic nitrogens is 2. The van der Waals surface area contributed by atoms with Crippen LogP contribution < -0.4 is 5.73 Å². The van der Waals surface area contributed by atoms with Crippen molar-refractivity contribution in [2.75, 3.05) is 5.73 Å². The number of hydrazone groups is 1. The summed E-state index contributed by atoms with van der Waals surface area (Å²) < 4.78 is 0. The van der Waals surface area contributed by atoms with Gasteiger partial charge in [-0.2, -0.15) is 5.10 Å². The van der Waals surface area contributed by atoms with E-state index in [1.807, 2.05) is 30.3 Å². The molecule has 7 heteroatoms. The summed E-state index contributed by atoms with van der Waals surface area (Å²) in [6.07, 6.45) is 1.64. The fraction of sp³-hybridized carbons (Fsp3) is 0.200. The largest absolute Gasteiger partial charge is 0.383 e. The average Bonchev–Trinajstić information content (AvgIpc) is 2.53. The lowest BCUT2D eigenvalue weighted by molar-refractivity contribution is -0.131. The first-order chi connectivity index (χ1) is 10.6. The lowest BCUT2D eigenvalue weighted by atomic mass is 10.1. The van der Waals surface area contributed by atoms with E-state index in [1.165, 1.54) is 16.8 Å². The molecule has 0 saturated heterocycles. The van der Waals surface area contributed by atoms with Crippen molar-refractivity contribution in [2.24, 2.45) is 5.10 Å². The molecule has 2 N–H and O–H groups in total. The summed E-state index contributed by atoms with van der Waals surface area (Å²) in [5, 5.41) is 5.29. The van der Waals surface area contributed by atoms with Gasteiger partial charge in [-0.25, -0.2) is 15.0 Å².